The summed E-state index contributed by atoms with van der Waals surface area (Å²) < 4.78 is 0. The molecular formula is C17H24N4. The monoisotopic (exact) mass is 284 g/mol. The lowest BCUT2D eigenvalue weighted by Crippen LogP contribution is -2.19. The molecule has 2 heterocycles. The summed E-state index contributed by atoms with van der Waals surface area (Å²) in [7, 11) is 0. The van der Waals surface area contributed by atoms with Gasteiger partial charge in [0.2, 0.25) is 0 Å². The van der Waals surface area contributed by atoms with E-state index in [-0.39, 0.29) is 0 Å². The molecule has 0 amide bonds. The maximum absolute atomic E-state index is 4.26. The molecule has 0 unspecified atom stereocenters. The van der Waals surface area contributed by atoms with E-state index in [4.69, 9.17) is 0 Å². The van der Waals surface area contributed by atoms with E-state index in [1.807, 2.05) is 0 Å². The average molecular weight is 284 g/mol. The maximum Gasteiger partial charge on any atom is 0.0643 e. The molecule has 1 saturated heterocycles. The van der Waals surface area contributed by atoms with Crippen molar-refractivity contribution in [1.29, 1.82) is 0 Å². The molecule has 1 aromatic heterocycles. The number of anilines is 1. The third-order valence-electron chi connectivity index (χ3n) is 4.35. The minimum absolute atomic E-state index is 0.825. The number of rotatable bonds is 5. The van der Waals surface area contributed by atoms with Crippen molar-refractivity contribution in [3.8, 4) is 0 Å². The molecule has 0 bridgehead atoms. The van der Waals surface area contributed by atoms with Gasteiger partial charge < -0.3 is 5.32 Å². The number of hydrogen-bond donors (Lipinski definition) is 2. The van der Waals surface area contributed by atoms with Crippen molar-refractivity contribution in [2.24, 2.45) is 0 Å². The van der Waals surface area contributed by atoms with Gasteiger partial charge in [0.05, 0.1) is 5.69 Å². The largest absolute Gasteiger partial charge is 0.381 e. The van der Waals surface area contributed by atoms with E-state index in [9.17, 15) is 0 Å². The Bertz CT molecular complexity index is 577. The fraction of sp³-hybridized carbons (Fsp3) is 0.471. The van der Waals surface area contributed by atoms with E-state index in [0.717, 1.165) is 24.5 Å². The SMILES string of the molecule is Cc1n[nH]c(C)c1CNc1ccccc1CN1CCCC1. The highest BCUT2D eigenvalue weighted by atomic mass is 15.1. The van der Waals surface area contributed by atoms with Gasteiger partial charge in [-0.1, -0.05) is 18.2 Å². The van der Waals surface area contributed by atoms with Crippen molar-refractivity contribution in [2.75, 3.05) is 18.4 Å². The Morgan fingerprint density at radius 3 is 2.67 bits per heavy atom. The van der Waals surface area contributed by atoms with E-state index < -0.39 is 0 Å². The van der Waals surface area contributed by atoms with Gasteiger partial charge in [-0.25, -0.2) is 0 Å². The van der Waals surface area contributed by atoms with Crippen LogP contribution in [0.1, 0.15) is 35.4 Å². The van der Waals surface area contributed by atoms with Crippen molar-refractivity contribution in [2.45, 2.75) is 39.8 Å². The van der Waals surface area contributed by atoms with Crippen LogP contribution in [0.3, 0.4) is 0 Å². The Kier molecular flexibility index (Phi) is 4.25. The molecule has 1 aliphatic rings. The third kappa shape index (κ3) is 3.27. The van der Waals surface area contributed by atoms with Crippen molar-refractivity contribution in [1.82, 2.24) is 15.1 Å². The Hall–Kier alpha value is -1.81. The van der Waals surface area contributed by atoms with Crippen molar-refractivity contribution >= 4 is 5.69 Å². The Morgan fingerprint density at radius 1 is 1.19 bits per heavy atom. The van der Waals surface area contributed by atoms with E-state index in [0.29, 0.717) is 0 Å². The van der Waals surface area contributed by atoms with Crippen molar-refractivity contribution in [3.05, 3.63) is 46.8 Å². The number of aryl methyl sites for hydroxylation is 2. The summed E-state index contributed by atoms with van der Waals surface area (Å²) in [5, 5.41) is 10.9. The molecule has 0 radical (unpaired) electrons. The number of nitrogens with one attached hydrogen (secondary N) is 2. The Labute approximate surface area is 126 Å². The minimum atomic E-state index is 0.825. The molecule has 2 aromatic rings. The first-order valence-corrected chi connectivity index (χ1v) is 7.78. The number of benzene rings is 1. The highest BCUT2D eigenvalue weighted by Crippen LogP contribution is 2.21. The number of hydrogen-bond acceptors (Lipinski definition) is 3. The van der Waals surface area contributed by atoms with Gasteiger partial charge in [0.1, 0.15) is 0 Å². The number of aromatic amines is 1. The minimum Gasteiger partial charge on any atom is -0.381 e. The second-order valence-corrected chi connectivity index (χ2v) is 5.91. The van der Waals surface area contributed by atoms with Crippen LogP contribution < -0.4 is 5.32 Å². The molecule has 4 heteroatoms. The molecule has 112 valence electrons. The molecule has 1 fully saturated rings. The molecule has 3 rings (SSSR count). The summed E-state index contributed by atoms with van der Waals surface area (Å²) in [6.45, 7) is 8.46. The number of nitrogens with zero attached hydrogens (tertiary/aromatic N) is 2. The molecule has 1 aromatic carbocycles. The van der Waals surface area contributed by atoms with Crippen LogP contribution in [0.2, 0.25) is 0 Å². The lowest BCUT2D eigenvalue weighted by atomic mass is 10.1. The van der Waals surface area contributed by atoms with Crippen LogP contribution in [-0.4, -0.2) is 28.2 Å². The van der Waals surface area contributed by atoms with Gasteiger partial charge in [-0.2, -0.15) is 5.10 Å². The van der Waals surface area contributed by atoms with Crippen LogP contribution in [0.4, 0.5) is 5.69 Å². The lowest BCUT2D eigenvalue weighted by molar-refractivity contribution is 0.332. The molecule has 0 aliphatic carbocycles. The Balaban J connectivity index is 1.70. The molecule has 4 nitrogen and oxygen atoms in total. The summed E-state index contributed by atoms with van der Waals surface area (Å²) in [4.78, 5) is 2.54. The lowest BCUT2D eigenvalue weighted by Gasteiger charge is -2.18. The molecule has 1 aliphatic heterocycles. The fourth-order valence-corrected chi connectivity index (χ4v) is 3.03. The van der Waals surface area contributed by atoms with Crippen LogP contribution in [-0.2, 0) is 13.1 Å². The number of likely N-dealkylation sites (tertiary alicyclic amines) is 1. The molecule has 0 spiro atoms. The zero-order valence-electron chi connectivity index (χ0n) is 12.9. The molecular weight excluding hydrogens is 260 g/mol. The predicted molar refractivity (Wildman–Crippen MR) is 86.3 cm³/mol. The highest BCUT2D eigenvalue weighted by Gasteiger charge is 2.14. The topological polar surface area (TPSA) is 44.0 Å². The van der Waals surface area contributed by atoms with Crippen molar-refractivity contribution < 1.29 is 0 Å². The molecule has 21 heavy (non-hydrogen) atoms. The van der Waals surface area contributed by atoms with Gasteiger partial charge in [-0.3, -0.25) is 10.00 Å². The number of H-pyrrole nitrogens is 1. The van der Waals surface area contributed by atoms with Gasteiger partial charge >= 0.3 is 0 Å². The molecule has 2 N–H and O–H groups in total. The van der Waals surface area contributed by atoms with Crippen molar-refractivity contribution in [3.63, 3.8) is 0 Å². The van der Waals surface area contributed by atoms with Gasteiger partial charge in [0, 0.05) is 30.0 Å². The second-order valence-electron chi connectivity index (χ2n) is 5.91. The first-order valence-electron chi connectivity index (χ1n) is 7.78. The highest BCUT2D eigenvalue weighted by molar-refractivity contribution is 5.51. The zero-order chi connectivity index (χ0) is 14.7. The van der Waals surface area contributed by atoms with E-state index in [1.54, 1.807) is 0 Å². The average Bonchev–Trinajstić information content (AvgIpc) is 3.10. The molecule has 0 atom stereocenters. The summed E-state index contributed by atoms with van der Waals surface area (Å²) in [5.74, 6) is 0. The molecule has 0 saturated carbocycles. The summed E-state index contributed by atoms with van der Waals surface area (Å²) in [5.41, 5.74) is 6.13. The third-order valence-corrected chi connectivity index (χ3v) is 4.35. The smallest absolute Gasteiger partial charge is 0.0643 e. The van der Waals surface area contributed by atoms with Gasteiger partial charge in [0.15, 0.2) is 0 Å². The van der Waals surface area contributed by atoms with E-state index in [2.05, 4.69) is 58.5 Å². The van der Waals surface area contributed by atoms with Gasteiger partial charge in [-0.05, 0) is 51.4 Å². The summed E-state index contributed by atoms with van der Waals surface area (Å²) in [6, 6.07) is 8.64. The second kappa shape index (κ2) is 6.31. The maximum atomic E-state index is 4.26. The quantitative estimate of drug-likeness (QED) is 0.886. The summed E-state index contributed by atoms with van der Waals surface area (Å²) in [6.07, 6.45) is 2.67. The van der Waals surface area contributed by atoms with Crippen LogP contribution in [0.5, 0.6) is 0 Å². The van der Waals surface area contributed by atoms with Crippen LogP contribution in [0, 0.1) is 13.8 Å². The zero-order valence-corrected chi connectivity index (χ0v) is 12.9. The number of aromatic nitrogens is 2. The predicted octanol–water partition coefficient (Wildman–Crippen LogP) is 3.23. The standard InChI is InChI=1S/C17H24N4/c1-13-16(14(2)20-19-13)11-18-17-8-4-3-7-15(17)12-21-9-5-6-10-21/h3-4,7-8,18H,5-6,9-12H2,1-2H3,(H,19,20). The summed E-state index contributed by atoms with van der Waals surface area (Å²) >= 11 is 0. The van der Waals surface area contributed by atoms with Gasteiger partial charge in [0.25, 0.3) is 0 Å². The van der Waals surface area contributed by atoms with E-state index in [1.165, 1.54) is 42.7 Å². The van der Waals surface area contributed by atoms with Crippen LogP contribution in [0.25, 0.3) is 0 Å². The number of para-hydroxylation sites is 1. The normalized spacial score (nSPS) is 15.5. The Morgan fingerprint density at radius 2 is 1.95 bits per heavy atom. The van der Waals surface area contributed by atoms with Gasteiger partial charge in [-0.15, -0.1) is 0 Å². The first kappa shape index (κ1) is 14.1. The van der Waals surface area contributed by atoms with Crippen LogP contribution >= 0.6 is 0 Å². The first-order chi connectivity index (χ1) is 10.2. The van der Waals surface area contributed by atoms with E-state index >= 15 is 0 Å². The fourth-order valence-electron chi connectivity index (χ4n) is 3.03. The van der Waals surface area contributed by atoms with Crippen LogP contribution in [0.15, 0.2) is 24.3 Å².